The first-order valence-electron chi connectivity index (χ1n) is 4.00. The summed E-state index contributed by atoms with van der Waals surface area (Å²) in [5.41, 5.74) is 0.401. The highest BCUT2D eigenvalue weighted by Gasteiger charge is 2.10. The molecule has 0 bridgehead atoms. The average Bonchev–Trinajstić information content (AvgIpc) is 2.18. The molecule has 1 heterocycles. The number of aromatic nitrogens is 1. The number of phenols is 1. The molecule has 0 aliphatic carbocycles. The van der Waals surface area contributed by atoms with Gasteiger partial charge in [-0.25, -0.2) is 4.79 Å². The van der Waals surface area contributed by atoms with Crippen molar-refractivity contribution in [3.63, 3.8) is 0 Å². The van der Waals surface area contributed by atoms with Crippen molar-refractivity contribution in [1.29, 1.82) is 0 Å². The second kappa shape index (κ2) is 2.99. The molecule has 0 radical (unpaired) electrons. The molecule has 4 heteroatoms. The molecule has 0 fully saturated rings. The number of carboxylic acids is 1. The molecule has 2 rings (SSSR count). The number of hydrogen-bond donors (Lipinski definition) is 2. The van der Waals surface area contributed by atoms with Gasteiger partial charge in [0.1, 0.15) is 5.75 Å². The lowest BCUT2D eigenvalue weighted by molar-refractivity contribution is 0.0699. The molecule has 0 spiro atoms. The average molecular weight is 189 g/mol. The zero-order valence-electron chi connectivity index (χ0n) is 7.14. The fourth-order valence-electron chi connectivity index (χ4n) is 1.33. The van der Waals surface area contributed by atoms with Crippen LogP contribution in [0.3, 0.4) is 0 Å². The predicted molar refractivity (Wildman–Crippen MR) is 50.4 cm³/mol. The van der Waals surface area contributed by atoms with Gasteiger partial charge in [-0.05, 0) is 24.3 Å². The Hall–Kier alpha value is -2.10. The number of pyridine rings is 1. The van der Waals surface area contributed by atoms with Crippen molar-refractivity contribution in [2.45, 2.75) is 0 Å². The van der Waals surface area contributed by atoms with Crippen LogP contribution in [-0.4, -0.2) is 21.2 Å². The van der Waals surface area contributed by atoms with Crippen LogP contribution < -0.4 is 0 Å². The van der Waals surface area contributed by atoms with Gasteiger partial charge in [0.15, 0.2) is 0 Å². The van der Waals surface area contributed by atoms with Crippen LogP contribution in [0.25, 0.3) is 10.9 Å². The summed E-state index contributed by atoms with van der Waals surface area (Å²) >= 11 is 0. The van der Waals surface area contributed by atoms with E-state index in [4.69, 9.17) is 5.11 Å². The Kier molecular flexibility index (Phi) is 1.81. The van der Waals surface area contributed by atoms with Gasteiger partial charge in [0.05, 0.1) is 11.1 Å². The number of carbonyl (C=O) groups is 1. The number of fused-ring (bicyclic) bond motifs is 1. The third-order valence-electron chi connectivity index (χ3n) is 1.98. The molecule has 2 N–H and O–H groups in total. The summed E-state index contributed by atoms with van der Waals surface area (Å²) in [5.74, 6) is -1.01. The van der Waals surface area contributed by atoms with Gasteiger partial charge >= 0.3 is 5.97 Å². The van der Waals surface area contributed by atoms with Crippen LogP contribution in [0.5, 0.6) is 5.75 Å². The lowest BCUT2D eigenvalue weighted by atomic mass is 10.1. The van der Waals surface area contributed by atoms with Crippen LogP contribution in [0.1, 0.15) is 10.4 Å². The first-order valence-corrected chi connectivity index (χ1v) is 4.00. The van der Waals surface area contributed by atoms with Crippen molar-refractivity contribution in [3.8, 4) is 5.75 Å². The number of nitrogens with zero attached hydrogens (tertiary/aromatic N) is 1. The first-order chi connectivity index (χ1) is 6.70. The summed E-state index contributed by atoms with van der Waals surface area (Å²) in [6.45, 7) is 0. The summed E-state index contributed by atoms with van der Waals surface area (Å²) in [7, 11) is 0. The quantitative estimate of drug-likeness (QED) is 0.715. The van der Waals surface area contributed by atoms with Crippen molar-refractivity contribution >= 4 is 16.9 Å². The minimum atomic E-state index is -1.05. The minimum Gasteiger partial charge on any atom is -0.507 e. The summed E-state index contributed by atoms with van der Waals surface area (Å²) in [4.78, 5) is 14.7. The molecule has 2 aromatic rings. The van der Waals surface area contributed by atoms with E-state index in [-0.39, 0.29) is 11.3 Å². The van der Waals surface area contributed by atoms with Gasteiger partial charge in [-0.15, -0.1) is 0 Å². The predicted octanol–water partition coefficient (Wildman–Crippen LogP) is 1.64. The van der Waals surface area contributed by atoms with Crippen LogP contribution in [0.4, 0.5) is 0 Å². The molecule has 0 aliphatic rings. The number of carboxylic acid groups (broad SMARTS) is 1. The van der Waals surface area contributed by atoms with Crippen LogP contribution in [-0.2, 0) is 0 Å². The van der Waals surface area contributed by atoms with Crippen LogP contribution in [0.15, 0.2) is 30.5 Å². The molecule has 0 saturated carbocycles. The Morgan fingerprint density at radius 3 is 2.79 bits per heavy atom. The Morgan fingerprint density at radius 2 is 2.07 bits per heavy atom. The van der Waals surface area contributed by atoms with Crippen molar-refractivity contribution in [2.24, 2.45) is 0 Å². The molecular formula is C10H7NO3. The SMILES string of the molecule is O=C(O)c1ccc(O)c2cccnc12. The van der Waals surface area contributed by atoms with E-state index >= 15 is 0 Å². The summed E-state index contributed by atoms with van der Waals surface area (Å²) < 4.78 is 0. The third-order valence-corrected chi connectivity index (χ3v) is 1.98. The topological polar surface area (TPSA) is 70.4 Å². The van der Waals surface area contributed by atoms with E-state index in [9.17, 15) is 9.90 Å². The number of hydrogen-bond acceptors (Lipinski definition) is 3. The van der Waals surface area contributed by atoms with Crippen LogP contribution in [0.2, 0.25) is 0 Å². The standard InChI is InChI=1S/C10H7NO3/c12-8-4-3-7(10(13)14)9-6(8)2-1-5-11-9/h1-5,12H,(H,13,14). The van der Waals surface area contributed by atoms with Gasteiger partial charge in [0, 0.05) is 11.6 Å². The number of rotatable bonds is 1. The molecule has 4 nitrogen and oxygen atoms in total. The normalized spacial score (nSPS) is 10.3. The smallest absolute Gasteiger partial charge is 0.337 e. The van der Waals surface area contributed by atoms with E-state index in [0.29, 0.717) is 10.9 Å². The summed E-state index contributed by atoms with van der Waals surface area (Å²) in [6, 6.07) is 5.97. The summed E-state index contributed by atoms with van der Waals surface area (Å²) in [6.07, 6.45) is 1.49. The minimum absolute atomic E-state index is 0.0399. The highest BCUT2D eigenvalue weighted by atomic mass is 16.4. The third kappa shape index (κ3) is 1.17. The van der Waals surface area contributed by atoms with E-state index in [2.05, 4.69) is 4.98 Å². The van der Waals surface area contributed by atoms with E-state index in [1.165, 1.54) is 18.3 Å². The van der Waals surface area contributed by atoms with Gasteiger partial charge < -0.3 is 10.2 Å². The van der Waals surface area contributed by atoms with Crippen LogP contribution in [0, 0.1) is 0 Å². The van der Waals surface area contributed by atoms with Crippen molar-refractivity contribution in [1.82, 2.24) is 4.98 Å². The van der Waals surface area contributed by atoms with Crippen molar-refractivity contribution in [3.05, 3.63) is 36.0 Å². The monoisotopic (exact) mass is 189 g/mol. The second-order valence-electron chi connectivity index (χ2n) is 2.84. The molecule has 14 heavy (non-hydrogen) atoms. The maximum Gasteiger partial charge on any atom is 0.337 e. The Labute approximate surface area is 79.4 Å². The van der Waals surface area contributed by atoms with E-state index < -0.39 is 5.97 Å². The number of aromatic hydroxyl groups is 1. The summed E-state index contributed by atoms with van der Waals surface area (Å²) in [5, 5.41) is 18.7. The highest BCUT2D eigenvalue weighted by Crippen LogP contribution is 2.25. The fourth-order valence-corrected chi connectivity index (χ4v) is 1.33. The fraction of sp³-hybridized carbons (Fsp3) is 0. The van der Waals surface area contributed by atoms with Gasteiger partial charge in [-0.1, -0.05) is 0 Å². The number of benzene rings is 1. The Balaban J connectivity index is 2.88. The molecule has 0 amide bonds. The zero-order chi connectivity index (χ0) is 10.1. The maximum atomic E-state index is 10.8. The molecule has 0 aliphatic heterocycles. The second-order valence-corrected chi connectivity index (χ2v) is 2.84. The van der Waals surface area contributed by atoms with Crippen molar-refractivity contribution in [2.75, 3.05) is 0 Å². The van der Waals surface area contributed by atoms with Gasteiger partial charge in [-0.3, -0.25) is 4.98 Å². The van der Waals surface area contributed by atoms with Gasteiger partial charge in [0.2, 0.25) is 0 Å². The van der Waals surface area contributed by atoms with Gasteiger partial charge in [-0.2, -0.15) is 0 Å². The molecule has 70 valence electrons. The zero-order valence-corrected chi connectivity index (χ0v) is 7.14. The lowest BCUT2D eigenvalue weighted by Gasteiger charge is -2.02. The Morgan fingerprint density at radius 1 is 1.29 bits per heavy atom. The Bertz CT molecular complexity index is 508. The molecular weight excluding hydrogens is 182 g/mol. The number of aromatic carboxylic acids is 1. The molecule has 1 aromatic carbocycles. The van der Waals surface area contributed by atoms with Crippen LogP contribution >= 0.6 is 0 Å². The van der Waals surface area contributed by atoms with E-state index in [1.54, 1.807) is 12.1 Å². The largest absolute Gasteiger partial charge is 0.507 e. The first kappa shape index (κ1) is 8.50. The number of phenolic OH excluding ortho intramolecular Hbond substituents is 1. The maximum absolute atomic E-state index is 10.8. The molecule has 0 saturated heterocycles. The molecule has 0 unspecified atom stereocenters. The van der Waals surface area contributed by atoms with Gasteiger partial charge in [0.25, 0.3) is 0 Å². The van der Waals surface area contributed by atoms with E-state index in [1.807, 2.05) is 0 Å². The highest BCUT2D eigenvalue weighted by molar-refractivity contribution is 6.03. The van der Waals surface area contributed by atoms with E-state index in [0.717, 1.165) is 0 Å². The molecule has 0 atom stereocenters. The lowest BCUT2D eigenvalue weighted by Crippen LogP contribution is -1.98. The van der Waals surface area contributed by atoms with Crippen molar-refractivity contribution < 1.29 is 15.0 Å². The molecule has 1 aromatic heterocycles.